The van der Waals surface area contributed by atoms with Gasteiger partial charge in [0.1, 0.15) is 5.69 Å². The van der Waals surface area contributed by atoms with Crippen molar-refractivity contribution in [1.29, 1.82) is 0 Å². The third-order valence-electron chi connectivity index (χ3n) is 2.69. The molecule has 0 fully saturated rings. The number of aromatic nitrogens is 1. The SMILES string of the molecule is CNC1CCc2nc(C(F)(F)F)ccc21.Cl.Cl. The summed E-state index contributed by atoms with van der Waals surface area (Å²) in [5.41, 5.74) is 0.674. The molecule has 0 saturated carbocycles. The van der Waals surface area contributed by atoms with Gasteiger partial charge in [-0.25, -0.2) is 4.98 Å². The highest BCUT2D eigenvalue weighted by atomic mass is 35.5. The summed E-state index contributed by atoms with van der Waals surface area (Å²) in [6.07, 6.45) is -2.91. The maximum Gasteiger partial charge on any atom is 0.433 e. The molecule has 0 spiro atoms. The zero-order valence-corrected chi connectivity index (χ0v) is 10.7. The van der Waals surface area contributed by atoms with Gasteiger partial charge in [-0.1, -0.05) is 6.07 Å². The summed E-state index contributed by atoms with van der Waals surface area (Å²) in [5.74, 6) is 0. The lowest BCUT2D eigenvalue weighted by Crippen LogP contribution is -2.14. The normalized spacial score (nSPS) is 18.0. The maximum atomic E-state index is 12.4. The minimum Gasteiger partial charge on any atom is -0.313 e. The van der Waals surface area contributed by atoms with Gasteiger partial charge >= 0.3 is 6.18 Å². The average molecular weight is 289 g/mol. The molecule has 2 rings (SSSR count). The standard InChI is InChI=1S/C10H11F3N2.2ClH/c1-14-7-3-4-8-6(7)2-5-9(15-8)10(11,12)13;;/h2,5,7,14H,3-4H2,1H3;2*1H. The van der Waals surface area contributed by atoms with Gasteiger partial charge in [-0.15, -0.1) is 24.8 Å². The van der Waals surface area contributed by atoms with Crippen LogP contribution in [0.25, 0.3) is 0 Å². The van der Waals surface area contributed by atoms with Gasteiger partial charge in [0.2, 0.25) is 0 Å². The zero-order valence-electron chi connectivity index (χ0n) is 9.04. The molecule has 98 valence electrons. The summed E-state index contributed by atoms with van der Waals surface area (Å²) in [6.45, 7) is 0. The van der Waals surface area contributed by atoms with Crippen LogP contribution >= 0.6 is 24.8 Å². The van der Waals surface area contributed by atoms with Crippen molar-refractivity contribution in [3.8, 4) is 0 Å². The molecule has 1 aromatic rings. The van der Waals surface area contributed by atoms with E-state index in [9.17, 15) is 13.2 Å². The van der Waals surface area contributed by atoms with E-state index in [0.29, 0.717) is 12.1 Å². The van der Waals surface area contributed by atoms with Crippen LogP contribution in [-0.2, 0) is 12.6 Å². The van der Waals surface area contributed by atoms with Gasteiger partial charge in [0.25, 0.3) is 0 Å². The number of hydrogen-bond donors (Lipinski definition) is 1. The summed E-state index contributed by atoms with van der Waals surface area (Å²) < 4.78 is 37.1. The summed E-state index contributed by atoms with van der Waals surface area (Å²) in [6, 6.07) is 2.73. The summed E-state index contributed by atoms with van der Waals surface area (Å²) >= 11 is 0. The van der Waals surface area contributed by atoms with E-state index in [1.54, 1.807) is 7.05 Å². The molecule has 2 nitrogen and oxygen atoms in total. The monoisotopic (exact) mass is 288 g/mol. The lowest BCUT2D eigenvalue weighted by molar-refractivity contribution is -0.141. The number of pyridine rings is 1. The minimum atomic E-state index is -4.34. The Morgan fingerprint density at radius 1 is 1.29 bits per heavy atom. The molecular formula is C10H13Cl2F3N2. The highest BCUT2D eigenvalue weighted by Crippen LogP contribution is 2.33. The van der Waals surface area contributed by atoms with Crippen molar-refractivity contribution in [2.45, 2.75) is 25.1 Å². The molecule has 1 unspecified atom stereocenters. The third-order valence-corrected chi connectivity index (χ3v) is 2.69. The Hall–Kier alpha value is -0.520. The van der Waals surface area contributed by atoms with E-state index in [1.165, 1.54) is 6.07 Å². The second-order valence-corrected chi connectivity index (χ2v) is 3.61. The Kier molecular flexibility index (Phi) is 5.71. The Balaban J connectivity index is 0.00000128. The van der Waals surface area contributed by atoms with Crippen molar-refractivity contribution >= 4 is 24.8 Å². The lowest BCUT2D eigenvalue weighted by Gasteiger charge is -2.11. The molecule has 0 aromatic carbocycles. The number of fused-ring (bicyclic) bond motifs is 1. The van der Waals surface area contributed by atoms with Gasteiger partial charge in [-0.3, -0.25) is 0 Å². The van der Waals surface area contributed by atoms with Crippen molar-refractivity contribution in [3.05, 3.63) is 29.1 Å². The number of halogens is 5. The quantitative estimate of drug-likeness (QED) is 0.859. The molecule has 1 aromatic heterocycles. The molecule has 1 heterocycles. The number of rotatable bonds is 1. The van der Waals surface area contributed by atoms with E-state index >= 15 is 0 Å². The fraction of sp³-hybridized carbons (Fsp3) is 0.500. The van der Waals surface area contributed by atoms with Crippen LogP contribution in [0.2, 0.25) is 0 Å². The van der Waals surface area contributed by atoms with E-state index in [1.807, 2.05) is 0 Å². The van der Waals surface area contributed by atoms with Gasteiger partial charge in [0.05, 0.1) is 0 Å². The first-order valence-electron chi connectivity index (χ1n) is 4.76. The topological polar surface area (TPSA) is 24.9 Å². The first-order valence-corrected chi connectivity index (χ1v) is 4.76. The summed E-state index contributed by atoms with van der Waals surface area (Å²) in [7, 11) is 1.80. The van der Waals surface area contributed by atoms with E-state index < -0.39 is 11.9 Å². The largest absolute Gasteiger partial charge is 0.433 e. The molecule has 0 bridgehead atoms. The molecule has 1 aliphatic rings. The molecule has 1 N–H and O–H groups in total. The van der Waals surface area contributed by atoms with Gasteiger partial charge in [0.15, 0.2) is 0 Å². The van der Waals surface area contributed by atoms with Gasteiger partial charge in [-0.05, 0) is 31.5 Å². The van der Waals surface area contributed by atoms with Gasteiger partial charge in [0, 0.05) is 11.7 Å². The lowest BCUT2D eigenvalue weighted by atomic mass is 10.1. The van der Waals surface area contributed by atoms with E-state index in [2.05, 4.69) is 10.3 Å². The molecule has 0 amide bonds. The Bertz CT molecular complexity index is 382. The van der Waals surface area contributed by atoms with Crippen LogP contribution in [0.1, 0.15) is 29.4 Å². The second-order valence-electron chi connectivity index (χ2n) is 3.61. The Labute approximate surface area is 110 Å². The number of aryl methyl sites for hydroxylation is 1. The number of hydrogen-bond acceptors (Lipinski definition) is 2. The smallest absolute Gasteiger partial charge is 0.313 e. The van der Waals surface area contributed by atoms with Crippen molar-refractivity contribution in [3.63, 3.8) is 0 Å². The van der Waals surface area contributed by atoms with Crippen LogP contribution in [0.3, 0.4) is 0 Å². The fourth-order valence-corrected chi connectivity index (χ4v) is 1.92. The Morgan fingerprint density at radius 2 is 1.94 bits per heavy atom. The van der Waals surface area contributed by atoms with E-state index in [4.69, 9.17) is 0 Å². The van der Waals surface area contributed by atoms with Gasteiger partial charge < -0.3 is 5.32 Å². The zero-order chi connectivity index (χ0) is 11.1. The summed E-state index contributed by atoms with van der Waals surface area (Å²) in [5, 5.41) is 3.06. The highest BCUT2D eigenvalue weighted by molar-refractivity contribution is 5.85. The fourth-order valence-electron chi connectivity index (χ4n) is 1.92. The van der Waals surface area contributed by atoms with Crippen LogP contribution < -0.4 is 5.32 Å². The van der Waals surface area contributed by atoms with Crippen molar-refractivity contribution < 1.29 is 13.2 Å². The first kappa shape index (κ1) is 16.5. The molecule has 0 radical (unpaired) electrons. The van der Waals surface area contributed by atoms with Gasteiger partial charge in [-0.2, -0.15) is 13.2 Å². The molecule has 0 saturated heterocycles. The number of alkyl halides is 3. The predicted molar refractivity (Wildman–Crippen MR) is 63.9 cm³/mol. The highest BCUT2D eigenvalue weighted by Gasteiger charge is 2.34. The predicted octanol–water partition coefficient (Wildman–Crippen LogP) is 3.15. The van der Waals surface area contributed by atoms with E-state index in [-0.39, 0.29) is 30.9 Å². The van der Waals surface area contributed by atoms with Crippen LogP contribution in [0.4, 0.5) is 13.2 Å². The summed E-state index contributed by atoms with van der Waals surface area (Å²) in [4.78, 5) is 3.66. The molecule has 7 heteroatoms. The second kappa shape index (κ2) is 5.89. The minimum absolute atomic E-state index is 0. The van der Waals surface area contributed by atoms with Crippen LogP contribution in [0.5, 0.6) is 0 Å². The average Bonchev–Trinajstić information content (AvgIpc) is 2.58. The number of nitrogens with one attached hydrogen (secondary N) is 1. The van der Waals surface area contributed by atoms with E-state index in [0.717, 1.165) is 18.1 Å². The molecular weight excluding hydrogens is 276 g/mol. The molecule has 1 aliphatic carbocycles. The van der Waals surface area contributed by atoms with Crippen molar-refractivity contribution in [1.82, 2.24) is 10.3 Å². The van der Waals surface area contributed by atoms with Crippen LogP contribution in [-0.4, -0.2) is 12.0 Å². The molecule has 1 atom stereocenters. The molecule has 0 aliphatic heterocycles. The Morgan fingerprint density at radius 3 is 2.47 bits per heavy atom. The van der Waals surface area contributed by atoms with Crippen LogP contribution in [0, 0.1) is 0 Å². The maximum absolute atomic E-state index is 12.4. The first-order chi connectivity index (χ1) is 7.02. The van der Waals surface area contributed by atoms with Crippen molar-refractivity contribution in [2.24, 2.45) is 0 Å². The number of nitrogens with zero attached hydrogens (tertiary/aromatic N) is 1. The van der Waals surface area contributed by atoms with Crippen LogP contribution in [0.15, 0.2) is 12.1 Å². The molecule has 17 heavy (non-hydrogen) atoms. The van der Waals surface area contributed by atoms with Crippen molar-refractivity contribution in [2.75, 3.05) is 7.05 Å². The third kappa shape index (κ3) is 3.24.